The molecular formula is C10H11BrClN3O2S. The van der Waals surface area contributed by atoms with Gasteiger partial charge in [-0.3, -0.25) is 5.43 Å². The smallest absolute Gasteiger partial charge is 0.184 e. The number of halogens is 2. The number of benzene rings is 1. The van der Waals surface area contributed by atoms with Crippen LogP contribution in [0.5, 0.6) is 11.5 Å². The molecule has 0 aromatic heterocycles. The summed E-state index contributed by atoms with van der Waals surface area (Å²) in [4.78, 5) is 0. The van der Waals surface area contributed by atoms with Crippen LogP contribution < -0.4 is 15.9 Å². The Morgan fingerprint density at radius 2 is 2.44 bits per heavy atom. The topological polar surface area (TPSA) is 79.9 Å². The molecule has 0 amide bonds. The first-order chi connectivity index (χ1) is 8.47. The summed E-state index contributed by atoms with van der Waals surface area (Å²) in [5.41, 5.74) is 8.18. The Kier molecular flexibility index (Phi) is 5.64. The average Bonchev–Trinajstić information content (AvgIpc) is 2.32. The van der Waals surface area contributed by atoms with Crippen molar-refractivity contribution < 1.29 is 9.84 Å². The summed E-state index contributed by atoms with van der Waals surface area (Å²) >= 11 is 13.8. The SMILES string of the molecule is CCOc1cc(/C=N\NC(N)=S)c(Cl)c(Br)c1O. The molecule has 4 N–H and O–H groups in total. The van der Waals surface area contributed by atoms with Gasteiger partial charge in [0.2, 0.25) is 0 Å². The fraction of sp³-hybridized carbons (Fsp3) is 0.200. The van der Waals surface area contributed by atoms with Gasteiger partial charge in [-0.05, 0) is 41.1 Å². The van der Waals surface area contributed by atoms with Crippen LogP contribution in [-0.4, -0.2) is 23.0 Å². The highest BCUT2D eigenvalue weighted by molar-refractivity contribution is 9.10. The van der Waals surface area contributed by atoms with Gasteiger partial charge in [-0.1, -0.05) is 11.6 Å². The average molecular weight is 353 g/mol. The van der Waals surface area contributed by atoms with Gasteiger partial charge in [-0.15, -0.1) is 0 Å². The normalized spacial score (nSPS) is 10.6. The summed E-state index contributed by atoms with van der Waals surface area (Å²) < 4.78 is 5.61. The lowest BCUT2D eigenvalue weighted by atomic mass is 10.2. The molecule has 0 bridgehead atoms. The molecule has 8 heteroatoms. The van der Waals surface area contributed by atoms with Crippen LogP contribution in [0.3, 0.4) is 0 Å². The van der Waals surface area contributed by atoms with Gasteiger partial charge in [0.1, 0.15) is 0 Å². The predicted octanol–water partition coefficient (Wildman–Crippen LogP) is 2.37. The van der Waals surface area contributed by atoms with Crippen LogP contribution >= 0.6 is 39.7 Å². The number of phenols is 1. The van der Waals surface area contributed by atoms with E-state index in [1.807, 2.05) is 6.92 Å². The van der Waals surface area contributed by atoms with E-state index in [1.54, 1.807) is 6.07 Å². The monoisotopic (exact) mass is 351 g/mol. The maximum Gasteiger partial charge on any atom is 0.184 e. The molecular weight excluding hydrogens is 342 g/mol. The Labute approximate surface area is 123 Å². The minimum atomic E-state index is -0.0543. The zero-order chi connectivity index (χ0) is 13.7. The molecule has 0 fully saturated rings. The Hall–Kier alpha value is -1.05. The van der Waals surface area contributed by atoms with E-state index in [1.165, 1.54) is 6.21 Å². The molecule has 0 aliphatic rings. The maximum absolute atomic E-state index is 9.79. The number of aromatic hydroxyl groups is 1. The fourth-order valence-corrected chi connectivity index (χ4v) is 1.81. The first-order valence-corrected chi connectivity index (χ1v) is 6.47. The quantitative estimate of drug-likeness (QED) is 0.440. The molecule has 1 rings (SSSR count). The molecule has 0 saturated heterocycles. The van der Waals surface area contributed by atoms with Gasteiger partial charge >= 0.3 is 0 Å². The number of hydrogen-bond acceptors (Lipinski definition) is 4. The van der Waals surface area contributed by atoms with Crippen molar-refractivity contribution in [3.63, 3.8) is 0 Å². The van der Waals surface area contributed by atoms with Crippen LogP contribution in [-0.2, 0) is 0 Å². The highest BCUT2D eigenvalue weighted by Crippen LogP contribution is 2.41. The highest BCUT2D eigenvalue weighted by Gasteiger charge is 2.14. The molecule has 0 radical (unpaired) electrons. The third kappa shape index (κ3) is 3.72. The number of rotatable bonds is 4. The number of nitrogens with one attached hydrogen (secondary N) is 1. The molecule has 1 aromatic rings. The number of hydrogen-bond donors (Lipinski definition) is 3. The highest BCUT2D eigenvalue weighted by atomic mass is 79.9. The van der Waals surface area contributed by atoms with Crippen LogP contribution in [0.4, 0.5) is 0 Å². The van der Waals surface area contributed by atoms with E-state index in [4.69, 9.17) is 22.1 Å². The molecule has 0 unspecified atom stereocenters. The van der Waals surface area contributed by atoms with Gasteiger partial charge in [-0.2, -0.15) is 5.10 Å². The second kappa shape index (κ2) is 6.77. The van der Waals surface area contributed by atoms with Crippen molar-refractivity contribution in [3.05, 3.63) is 21.1 Å². The minimum absolute atomic E-state index is 0.0465. The maximum atomic E-state index is 9.79. The van der Waals surface area contributed by atoms with Crippen molar-refractivity contribution in [2.75, 3.05) is 6.61 Å². The van der Waals surface area contributed by atoms with Crippen LogP contribution in [0.1, 0.15) is 12.5 Å². The van der Waals surface area contributed by atoms with E-state index in [2.05, 4.69) is 38.7 Å². The molecule has 0 atom stereocenters. The molecule has 0 heterocycles. The van der Waals surface area contributed by atoms with Crippen molar-refractivity contribution >= 4 is 51.1 Å². The van der Waals surface area contributed by atoms with Gasteiger partial charge < -0.3 is 15.6 Å². The van der Waals surface area contributed by atoms with E-state index in [-0.39, 0.29) is 10.9 Å². The third-order valence-corrected chi connectivity index (χ3v) is 3.35. The molecule has 0 aliphatic carbocycles. The second-order valence-corrected chi connectivity index (χ2v) is 4.72. The van der Waals surface area contributed by atoms with Crippen LogP contribution in [0.2, 0.25) is 5.02 Å². The Balaban J connectivity index is 3.11. The molecule has 0 saturated carbocycles. The Morgan fingerprint density at radius 3 is 3.00 bits per heavy atom. The standard InChI is InChI=1S/C10H11BrClN3O2S/c1-2-17-6-3-5(4-14-15-10(13)18)8(12)7(11)9(6)16/h3-4,16H,2H2,1H3,(H3,13,15,18)/b14-4-. The zero-order valence-electron chi connectivity index (χ0n) is 9.41. The van der Waals surface area contributed by atoms with Crippen molar-refractivity contribution in [1.29, 1.82) is 0 Å². The van der Waals surface area contributed by atoms with Gasteiger partial charge in [0.25, 0.3) is 0 Å². The number of nitrogens with two attached hydrogens (primary N) is 1. The summed E-state index contributed by atoms with van der Waals surface area (Å²) in [6.07, 6.45) is 1.42. The lowest BCUT2D eigenvalue weighted by Gasteiger charge is -2.10. The molecule has 0 spiro atoms. The van der Waals surface area contributed by atoms with E-state index in [0.717, 1.165) is 0 Å². The number of nitrogens with zero attached hydrogens (tertiary/aromatic N) is 1. The molecule has 5 nitrogen and oxygen atoms in total. The molecule has 18 heavy (non-hydrogen) atoms. The van der Waals surface area contributed by atoms with E-state index < -0.39 is 0 Å². The van der Waals surface area contributed by atoms with Crippen LogP contribution in [0.15, 0.2) is 15.6 Å². The minimum Gasteiger partial charge on any atom is -0.503 e. The lowest BCUT2D eigenvalue weighted by Crippen LogP contribution is -2.24. The first-order valence-electron chi connectivity index (χ1n) is 4.89. The van der Waals surface area contributed by atoms with E-state index in [0.29, 0.717) is 27.4 Å². The predicted molar refractivity (Wildman–Crippen MR) is 79.5 cm³/mol. The number of ether oxygens (including phenoxy) is 1. The van der Waals surface area contributed by atoms with E-state index >= 15 is 0 Å². The van der Waals surface area contributed by atoms with Gasteiger partial charge in [-0.25, -0.2) is 0 Å². The summed E-state index contributed by atoms with van der Waals surface area (Å²) in [5.74, 6) is 0.256. The number of hydrazone groups is 1. The van der Waals surface area contributed by atoms with E-state index in [9.17, 15) is 5.11 Å². The van der Waals surface area contributed by atoms with Crippen LogP contribution in [0.25, 0.3) is 0 Å². The summed E-state index contributed by atoms with van der Waals surface area (Å²) in [5, 5.41) is 13.9. The largest absolute Gasteiger partial charge is 0.503 e. The van der Waals surface area contributed by atoms with Gasteiger partial charge in [0, 0.05) is 5.56 Å². The van der Waals surface area contributed by atoms with Gasteiger partial charge in [0.05, 0.1) is 22.3 Å². The first kappa shape index (κ1) is 15.0. The van der Waals surface area contributed by atoms with Crippen molar-refractivity contribution in [3.8, 4) is 11.5 Å². The molecule has 0 aliphatic heterocycles. The van der Waals surface area contributed by atoms with Crippen molar-refractivity contribution in [1.82, 2.24) is 5.43 Å². The Bertz CT molecular complexity index is 497. The van der Waals surface area contributed by atoms with Crippen molar-refractivity contribution in [2.45, 2.75) is 6.92 Å². The number of thiocarbonyl (C=S) groups is 1. The summed E-state index contributed by atoms with van der Waals surface area (Å²) in [6, 6.07) is 1.57. The van der Waals surface area contributed by atoms with Crippen LogP contribution in [0, 0.1) is 0 Å². The molecule has 1 aromatic carbocycles. The van der Waals surface area contributed by atoms with Gasteiger partial charge in [0.15, 0.2) is 16.6 Å². The van der Waals surface area contributed by atoms with Crippen molar-refractivity contribution in [2.24, 2.45) is 10.8 Å². The zero-order valence-corrected chi connectivity index (χ0v) is 12.6. The third-order valence-electron chi connectivity index (χ3n) is 1.85. The lowest BCUT2D eigenvalue weighted by molar-refractivity contribution is 0.317. The second-order valence-electron chi connectivity index (χ2n) is 3.11. The number of phenolic OH excluding ortho intramolecular Hbond substituents is 1. The summed E-state index contributed by atoms with van der Waals surface area (Å²) in [7, 11) is 0. The fourth-order valence-electron chi connectivity index (χ4n) is 1.14. The molecule has 98 valence electrons. The Morgan fingerprint density at radius 1 is 1.78 bits per heavy atom. The summed E-state index contributed by atoms with van der Waals surface area (Å²) in [6.45, 7) is 2.23.